The maximum absolute atomic E-state index is 5.76. The molecule has 0 spiro atoms. The van der Waals surface area contributed by atoms with Gasteiger partial charge in [-0.2, -0.15) is 0 Å². The second-order valence-corrected chi connectivity index (χ2v) is 7.94. The second kappa shape index (κ2) is 8.80. The van der Waals surface area contributed by atoms with Gasteiger partial charge in [0.1, 0.15) is 18.0 Å². The summed E-state index contributed by atoms with van der Waals surface area (Å²) in [5.74, 6) is 0.858. The van der Waals surface area contributed by atoms with Crippen molar-refractivity contribution in [3.05, 3.63) is 66.0 Å². The van der Waals surface area contributed by atoms with Crippen molar-refractivity contribution >= 4 is 5.65 Å². The summed E-state index contributed by atoms with van der Waals surface area (Å²) in [4.78, 5) is 7.57. The summed E-state index contributed by atoms with van der Waals surface area (Å²) >= 11 is 0. The Morgan fingerprint density at radius 1 is 1.17 bits per heavy atom. The SMILES string of the molecule is C=C(C)COc1ccc(-c2nc3c(C)cccn3c2CN2CCCNCC2)cc1. The number of aryl methyl sites for hydroxylation is 1. The average Bonchev–Trinajstić information content (AvgIpc) is 2.89. The lowest BCUT2D eigenvalue weighted by molar-refractivity contribution is 0.281. The minimum absolute atomic E-state index is 0.543. The average molecular weight is 391 g/mol. The van der Waals surface area contributed by atoms with E-state index < -0.39 is 0 Å². The zero-order chi connectivity index (χ0) is 20.2. The van der Waals surface area contributed by atoms with Gasteiger partial charge in [-0.05, 0) is 74.8 Å². The smallest absolute Gasteiger partial charge is 0.140 e. The molecule has 0 aliphatic carbocycles. The number of benzene rings is 1. The van der Waals surface area contributed by atoms with E-state index in [4.69, 9.17) is 9.72 Å². The fourth-order valence-electron chi connectivity index (χ4n) is 3.82. The van der Waals surface area contributed by atoms with E-state index >= 15 is 0 Å². The van der Waals surface area contributed by atoms with Crippen LogP contribution in [-0.2, 0) is 6.54 Å². The van der Waals surface area contributed by atoms with Crippen molar-refractivity contribution < 1.29 is 4.74 Å². The van der Waals surface area contributed by atoms with E-state index in [1.807, 2.05) is 19.1 Å². The van der Waals surface area contributed by atoms with Gasteiger partial charge in [0.25, 0.3) is 0 Å². The Kier molecular flexibility index (Phi) is 5.97. The van der Waals surface area contributed by atoms with Crippen molar-refractivity contribution in [3.63, 3.8) is 0 Å². The third kappa shape index (κ3) is 4.52. The van der Waals surface area contributed by atoms with Crippen molar-refractivity contribution in [1.82, 2.24) is 19.6 Å². The highest BCUT2D eigenvalue weighted by Crippen LogP contribution is 2.28. The van der Waals surface area contributed by atoms with E-state index in [0.717, 1.165) is 61.0 Å². The molecular weight excluding hydrogens is 360 g/mol. The molecule has 0 bridgehead atoms. The number of pyridine rings is 1. The number of hydrogen-bond donors (Lipinski definition) is 1. The van der Waals surface area contributed by atoms with Gasteiger partial charge < -0.3 is 14.5 Å². The number of rotatable bonds is 6. The molecule has 0 radical (unpaired) electrons. The van der Waals surface area contributed by atoms with Gasteiger partial charge in [0.2, 0.25) is 0 Å². The summed E-state index contributed by atoms with van der Waals surface area (Å²) in [6, 6.07) is 12.5. The maximum atomic E-state index is 5.76. The Morgan fingerprint density at radius 2 is 2.00 bits per heavy atom. The highest BCUT2D eigenvalue weighted by molar-refractivity contribution is 5.68. The predicted octanol–water partition coefficient (Wildman–Crippen LogP) is 4.06. The lowest BCUT2D eigenvalue weighted by atomic mass is 10.1. The molecule has 5 heteroatoms. The quantitative estimate of drug-likeness (QED) is 0.645. The van der Waals surface area contributed by atoms with Gasteiger partial charge in [-0.3, -0.25) is 4.90 Å². The summed E-state index contributed by atoms with van der Waals surface area (Å²) in [5, 5.41) is 3.49. The summed E-state index contributed by atoms with van der Waals surface area (Å²) in [5.41, 5.74) is 6.68. The van der Waals surface area contributed by atoms with Crippen LogP contribution in [0.25, 0.3) is 16.9 Å². The van der Waals surface area contributed by atoms with Crippen LogP contribution in [-0.4, -0.2) is 47.1 Å². The van der Waals surface area contributed by atoms with Crippen LogP contribution < -0.4 is 10.1 Å². The lowest BCUT2D eigenvalue weighted by Crippen LogP contribution is -2.28. The molecule has 0 unspecified atom stereocenters. The normalized spacial score (nSPS) is 15.4. The molecule has 1 aliphatic rings. The fourth-order valence-corrected chi connectivity index (χ4v) is 3.82. The van der Waals surface area contributed by atoms with Crippen molar-refractivity contribution in [2.75, 3.05) is 32.8 Å². The van der Waals surface area contributed by atoms with Gasteiger partial charge >= 0.3 is 0 Å². The fraction of sp³-hybridized carbons (Fsp3) is 0.375. The van der Waals surface area contributed by atoms with Crippen LogP contribution in [0, 0.1) is 6.92 Å². The molecule has 1 fully saturated rings. The van der Waals surface area contributed by atoms with Gasteiger partial charge in [-0.15, -0.1) is 0 Å². The lowest BCUT2D eigenvalue weighted by Gasteiger charge is -2.20. The highest BCUT2D eigenvalue weighted by Gasteiger charge is 2.19. The minimum Gasteiger partial charge on any atom is -0.489 e. The largest absolute Gasteiger partial charge is 0.489 e. The highest BCUT2D eigenvalue weighted by atomic mass is 16.5. The second-order valence-electron chi connectivity index (χ2n) is 7.94. The zero-order valence-electron chi connectivity index (χ0n) is 17.4. The molecule has 0 atom stereocenters. The third-order valence-electron chi connectivity index (χ3n) is 5.36. The molecule has 2 aromatic heterocycles. The van der Waals surface area contributed by atoms with E-state index in [0.29, 0.717) is 6.61 Å². The standard InChI is InChI=1S/C24H30N4O/c1-18(2)17-29-21-9-7-20(8-10-21)23-22(16-27-13-5-11-25-12-15-27)28-14-4-6-19(3)24(28)26-23/h4,6-10,14,25H,1,5,11-13,15-17H2,2-3H3. The molecule has 3 aromatic rings. The molecule has 1 aliphatic heterocycles. The van der Waals surface area contributed by atoms with Crippen LogP contribution in [0.1, 0.15) is 24.6 Å². The molecule has 3 heterocycles. The summed E-state index contributed by atoms with van der Waals surface area (Å²) in [6.07, 6.45) is 3.31. The first-order chi connectivity index (χ1) is 14.1. The molecule has 29 heavy (non-hydrogen) atoms. The molecule has 0 saturated carbocycles. The van der Waals surface area contributed by atoms with E-state index in [9.17, 15) is 0 Å². The molecule has 152 valence electrons. The van der Waals surface area contributed by atoms with E-state index in [1.165, 1.54) is 17.7 Å². The number of fused-ring (bicyclic) bond motifs is 1. The van der Waals surface area contributed by atoms with Gasteiger partial charge in [0.15, 0.2) is 0 Å². The molecule has 1 saturated heterocycles. The third-order valence-corrected chi connectivity index (χ3v) is 5.36. The Morgan fingerprint density at radius 3 is 2.79 bits per heavy atom. The van der Waals surface area contributed by atoms with Crippen LogP contribution in [0.15, 0.2) is 54.7 Å². The summed E-state index contributed by atoms with van der Waals surface area (Å²) in [7, 11) is 0. The molecule has 5 nitrogen and oxygen atoms in total. The number of nitrogens with zero attached hydrogens (tertiary/aromatic N) is 3. The van der Waals surface area contributed by atoms with Gasteiger partial charge in [-0.1, -0.05) is 12.6 Å². The molecule has 4 rings (SSSR count). The zero-order valence-corrected chi connectivity index (χ0v) is 17.4. The van der Waals surface area contributed by atoms with Crippen LogP contribution in [0.5, 0.6) is 5.75 Å². The Labute approximate surface area is 173 Å². The first-order valence-electron chi connectivity index (χ1n) is 10.4. The predicted molar refractivity (Wildman–Crippen MR) is 118 cm³/mol. The van der Waals surface area contributed by atoms with Crippen molar-refractivity contribution in [1.29, 1.82) is 0 Å². The Hall–Kier alpha value is -2.63. The molecule has 0 amide bonds. The minimum atomic E-state index is 0.543. The maximum Gasteiger partial charge on any atom is 0.140 e. The van der Waals surface area contributed by atoms with Crippen LogP contribution in [0.2, 0.25) is 0 Å². The number of hydrogen-bond acceptors (Lipinski definition) is 4. The molecule has 1 N–H and O–H groups in total. The van der Waals surface area contributed by atoms with Crippen molar-refractivity contribution in [3.8, 4) is 17.0 Å². The Balaban J connectivity index is 1.69. The topological polar surface area (TPSA) is 41.8 Å². The van der Waals surface area contributed by atoms with Crippen LogP contribution >= 0.6 is 0 Å². The van der Waals surface area contributed by atoms with E-state index in [1.54, 1.807) is 0 Å². The van der Waals surface area contributed by atoms with E-state index in [2.05, 4.69) is 58.6 Å². The number of ether oxygens (including phenoxy) is 1. The summed E-state index contributed by atoms with van der Waals surface area (Å²) < 4.78 is 8.02. The number of aromatic nitrogens is 2. The van der Waals surface area contributed by atoms with Gasteiger partial charge in [-0.25, -0.2) is 4.98 Å². The van der Waals surface area contributed by atoms with Crippen LogP contribution in [0.3, 0.4) is 0 Å². The monoisotopic (exact) mass is 390 g/mol. The number of imidazole rings is 1. The van der Waals surface area contributed by atoms with E-state index in [-0.39, 0.29) is 0 Å². The van der Waals surface area contributed by atoms with Crippen LogP contribution in [0.4, 0.5) is 0 Å². The molecular formula is C24H30N4O. The molecule has 1 aromatic carbocycles. The van der Waals surface area contributed by atoms with Crippen molar-refractivity contribution in [2.24, 2.45) is 0 Å². The summed E-state index contributed by atoms with van der Waals surface area (Å²) in [6.45, 7) is 13.7. The van der Waals surface area contributed by atoms with Gasteiger partial charge in [0.05, 0.1) is 11.4 Å². The van der Waals surface area contributed by atoms with Crippen molar-refractivity contribution in [2.45, 2.75) is 26.8 Å². The Bertz CT molecular complexity index is 982. The first-order valence-corrected chi connectivity index (χ1v) is 10.4. The number of nitrogens with one attached hydrogen (secondary N) is 1. The first kappa shape index (κ1) is 19.7. The van der Waals surface area contributed by atoms with Gasteiger partial charge in [0, 0.05) is 31.4 Å².